The quantitative estimate of drug-likeness (QED) is 0.388. The second-order valence-corrected chi connectivity index (χ2v) is 7.27. The van der Waals surface area contributed by atoms with E-state index >= 15 is 0 Å². The summed E-state index contributed by atoms with van der Waals surface area (Å²) in [4.78, 5) is 27.5. The minimum atomic E-state index is 0. The Kier molecular flexibility index (Phi) is 8.72. The van der Waals surface area contributed by atoms with Gasteiger partial charge in [0.25, 0.3) is 0 Å². The smallest absolute Gasteiger partial charge is 0.225 e. The van der Waals surface area contributed by atoms with Crippen LogP contribution in [-0.4, -0.2) is 52.9 Å². The normalized spacial score (nSPS) is 20.9. The highest BCUT2D eigenvalue weighted by Gasteiger charge is 2.31. The predicted octanol–water partition coefficient (Wildman–Crippen LogP) is 2.25. The maximum atomic E-state index is 12.7. The van der Waals surface area contributed by atoms with Gasteiger partial charge in [0, 0.05) is 38.3 Å². The number of hydrogen-bond donors (Lipinski definition) is 2. The molecule has 2 N–H and O–H groups in total. The number of carbonyl (C=O) groups is 1. The van der Waals surface area contributed by atoms with Crippen LogP contribution in [0.5, 0.6) is 0 Å². The summed E-state index contributed by atoms with van der Waals surface area (Å²) in [5.74, 6) is 2.12. The molecular weight excluding hydrogens is 455 g/mol. The van der Waals surface area contributed by atoms with Gasteiger partial charge < -0.3 is 15.5 Å². The van der Waals surface area contributed by atoms with Gasteiger partial charge in [0.15, 0.2) is 5.96 Å². The van der Waals surface area contributed by atoms with Gasteiger partial charge in [-0.3, -0.25) is 9.79 Å². The zero-order valence-corrected chi connectivity index (χ0v) is 18.6. The third-order valence-electron chi connectivity index (χ3n) is 5.29. The number of nitrogens with zero attached hydrogens (tertiary/aromatic N) is 4. The van der Waals surface area contributed by atoms with E-state index in [0.29, 0.717) is 12.5 Å². The summed E-state index contributed by atoms with van der Waals surface area (Å²) in [6.07, 6.45) is 8.54. The van der Waals surface area contributed by atoms with Crippen LogP contribution in [0.25, 0.3) is 0 Å². The number of guanidine groups is 1. The van der Waals surface area contributed by atoms with E-state index in [1.165, 1.54) is 19.3 Å². The summed E-state index contributed by atoms with van der Waals surface area (Å²) in [6.45, 7) is 4.09. The fraction of sp³-hybridized carbons (Fsp3) is 0.684. The molecule has 1 amide bonds. The molecule has 0 aromatic carbocycles. The van der Waals surface area contributed by atoms with E-state index in [-0.39, 0.29) is 35.9 Å². The molecule has 1 unspecified atom stereocenters. The first kappa shape index (κ1) is 21.8. The molecule has 8 heteroatoms. The number of carbonyl (C=O) groups excluding carboxylic acids is 1. The molecule has 1 aliphatic carbocycles. The number of aliphatic imine (C=N–C) groups is 1. The Morgan fingerprint density at radius 1 is 1.30 bits per heavy atom. The SMILES string of the molecule is CN=C(NCc1ccnc(C)n1)NC1CCN(C(=O)C2CCCCC2)C1.I. The number of likely N-dealkylation sites (tertiary alicyclic amines) is 1. The number of aryl methyl sites for hydroxylation is 1. The Labute approximate surface area is 178 Å². The van der Waals surface area contributed by atoms with Crippen molar-refractivity contribution in [3.63, 3.8) is 0 Å². The van der Waals surface area contributed by atoms with Gasteiger partial charge in [-0.25, -0.2) is 9.97 Å². The maximum Gasteiger partial charge on any atom is 0.225 e. The third kappa shape index (κ3) is 6.29. The molecule has 0 bridgehead atoms. The van der Waals surface area contributed by atoms with Crippen molar-refractivity contribution in [2.45, 2.75) is 58.0 Å². The predicted molar refractivity (Wildman–Crippen MR) is 117 cm³/mol. The highest BCUT2D eigenvalue weighted by atomic mass is 127. The minimum absolute atomic E-state index is 0. The van der Waals surface area contributed by atoms with Gasteiger partial charge in [-0.15, -0.1) is 24.0 Å². The van der Waals surface area contributed by atoms with E-state index in [0.717, 1.165) is 49.8 Å². The zero-order chi connectivity index (χ0) is 18.4. The molecule has 2 fully saturated rings. The van der Waals surface area contributed by atoms with Crippen LogP contribution >= 0.6 is 24.0 Å². The lowest BCUT2D eigenvalue weighted by atomic mass is 9.88. The number of aromatic nitrogens is 2. The van der Waals surface area contributed by atoms with Gasteiger partial charge in [0.05, 0.1) is 12.2 Å². The van der Waals surface area contributed by atoms with Crippen LogP contribution in [0.15, 0.2) is 17.3 Å². The molecule has 1 saturated heterocycles. The first-order valence-corrected chi connectivity index (χ1v) is 9.70. The van der Waals surface area contributed by atoms with E-state index in [1.54, 1.807) is 13.2 Å². The molecule has 2 aliphatic rings. The van der Waals surface area contributed by atoms with Crippen LogP contribution in [0.3, 0.4) is 0 Å². The average molecular weight is 486 g/mol. The molecule has 1 aromatic heterocycles. The number of hydrogen-bond acceptors (Lipinski definition) is 4. The van der Waals surface area contributed by atoms with E-state index in [4.69, 9.17) is 0 Å². The highest BCUT2D eigenvalue weighted by molar-refractivity contribution is 14.0. The van der Waals surface area contributed by atoms with Gasteiger partial charge in [-0.2, -0.15) is 0 Å². The summed E-state index contributed by atoms with van der Waals surface area (Å²) in [7, 11) is 1.76. The number of amides is 1. The standard InChI is InChI=1S/C19H30N6O.HI/c1-14-21-10-8-16(23-14)12-22-19(20-2)24-17-9-11-25(13-17)18(26)15-6-4-3-5-7-15;/h8,10,15,17H,3-7,9,11-13H2,1-2H3,(H2,20,22,24);1H. The molecule has 1 saturated carbocycles. The summed E-state index contributed by atoms with van der Waals surface area (Å²) in [5.41, 5.74) is 0.931. The molecule has 27 heavy (non-hydrogen) atoms. The summed E-state index contributed by atoms with van der Waals surface area (Å²) in [6, 6.07) is 2.15. The van der Waals surface area contributed by atoms with E-state index in [1.807, 2.05) is 17.9 Å². The zero-order valence-electron chi connectivity index (χ0n) is 16.3. The fourth-order valence-electron chi connectivity index (χ4n) is 3.85. The molecule has 0 radical (unpaired) electrons. The topological polar surface area (TPSA) is 82.5 Å². The fourth-order valence-corrected chi connectivity index (χ4v) is 3.85. The van der Waals surface area contributed by atoms with Crippen molar-refractivity contribution in [2.75, 3.05) is 20.1 Å². The van der Waals surface area contributed by atoms with Gasteiger partial charge in [0.2, 0.25) is 5.91 Å². The summed E-state index contributed by atoms with van der Waals surface area (Å²) in [5, 5.41) is 6.73. The lowest BCUT2D eigenvalue weighted by molar-refractivity contribution is -0.135. The Bertz CT molecular complexity index is 647. The van der Waals surface area contributed by atoms with Crippen molar-refractivity contribution in [3.8, 4) is 0 Å². The third-order valence-corrected chi connectivity index (χ3v) is 5.29. The Morgan fingerprint density at radius 3 is 2.78 bits per heavy atom. The molecule has 150 valence electrons. The van der Waals surface area contributed by atoms with Crippen molar-refractivity contribution in [1.82, 2.24) is 25.5 Å². The van der Waals surface area contributed by atoms with Crippen LogP contribution in [0.1, 0.15) is 50.0 Å². The second kappa shape index (κ2) is 10.8. The van der Waals surface area contributed by atoms with Gasteiger partial charge >= 0.3 is 0 Å². The second-order valence-electron chi connectivity index (χ2n) is 7.27. The maximum absolute atomic E-state index is 12.7. The molecule has 1 aliphatic heterocycles. The van der Waals surface area contributed by atoms with Gasteiger partial charge in [-0.1, -0.05) is 19.3 Å². The first-order valence-electron chi connectivity index (χ1n) is 9.70. The van der Waals surface area contributed by atoms with Crippen molar-refractivity contribution in [3.05, 3.63) is 23.8 Å². The van der Waals surface area contributed by atoms with E-state index < -0.39 is 0 Å². The highest BCUT2D eigenvalue weighted by Crippen LogP contribution is 2.26. The first-order chi connectivity index (χ1) is 12.7. The molecule has 0 spiro atoms. The number of halogens is 1. The largest absolute Gasteiger partial charge is 0.352 e. The van der Waals surface area contributed by atoms with Crippen LogP contribution in [0.2, 0.25) is 0 Å². The molecular formula is C19H31IN6O. The molecule has 1 aromatic rings. The van der Waals surface area contributed by atoms with Gasteiger partial charge in [0.1, 0.15) is 5.82 Å². The van der Waals surface area contributed by atoms with Crippen LogP contribution in [0.4, 0.5) is 0 Å². The van der Waals surface area contributed by atoms with Gasteiger partial charge in [-0.05, 0) is 32.3 Å². The lowest BCUT2D eigenvalue weighted by Gasteiger charge is -2.26. The van der Waals surface area contributed by atoms with E-state index in [2.05, 4.69) is 25.6 Å². The summed E-state index contributed by atoms with van der Waals surface area (Å²) < 4.78 is 0. The molecule has 3 rings (SSSR count). The van der Waals surface area contributed by atoms with Crippen LogP contribution < -0.4 is 10.6 Å². The Balaban J connectivity index is 0.00000261. The van der Waals surface area contributed by atoms with Crippen molar-refractivity contribution in [2.24, 2.45) is 10.9 Å². The number of nitrogens with one attached hydrogen (secondary N) is 2. The Morgan fingerprint density at radius 2 is 2.07 bits per heavy atom. The number of rotatable bonds is 4. The minimum Gasteiger partial charge on any atom is -0.352 e. The van der Waals surface area contributed by atoms with E-state index in [9.17, 15) is 4.79 Å². The summed E-state index contributed by atoms with van der Waals surface area (Å²) >= 11 is 0. The monoisotopic (exact) mass is 486 g/mol. The van der Waals surface area contributed by atoms with Crippen LogP contribution in [0, 0.1) is 12.8 Å². The lowest BCUT2D eigenvalue weighted by Crippen LogP contribution is -2.45. The molecule has 7 nitrogen and oxygen atoms in total. The molecule has 2 heterocycles. The molecule has 1 atom stereocenters. The van der Waals surface area contributed by atoms with Crippen molar-refractivity contribution in [1.29, 1.82) is 0 Å². The van der Waals surface area contributed by atoms with Crippen LogP contribution in [-0.2, 0) is 11.3 Å². The Hall–Kier alpha value is -1.45. The van der Waals surface area contributed by atoms with Crippen molar-refractivity contribution >= 4 is 35.8 Å². The average Bonchev–Trinajstić information content (AvgIpc) is 3.14. The van der Waals surface area contributed by atoms with Crippen molar-refractivity contribution < 1.29 is 4.79 Å².